The van der Waals surface area contributed by atoms with Crippen molar-refractivity contribution in [1.29, 1.82) is 0 Å². The van der Waals surface area contributed by atoms with Crippen LogP contribution in [0.2, 0.25) is 0 Å². The number of nitrogens with one attached hydrogen (secondary N) is 2. The molecule has 11 heteroatoms. The molecule has 1 saturated heterocycles. The molecule has 2 aromatic carbocycles. The van der Waals surface area contributed by atoms with E-state index in [-0.39, 0.29) is 23.1 Å². The first-order valence-electron chi connectivity index (χ1n) is 14.5. The highest BCUT2D eigenvalue weighted by molar-refractivity contribution is 8.00. The number of amides is 3. The minimum Gasteiger partial charge on any atom is -0.339 e. The standard InChI is InChI=1S/C32H42N6O3S2/c1-23(39)37-13-15-38(16-14-37)30(41)27-8-6-7-25(17-27)20-42-28-19-34-31(43-28)35-29(40)26-11-9-24(10-12-26)18-33-21-32(2,3)22-36(4)5/h6-12,17,19,33H,13-16,18,20-22H2,1-5H3,(H,34,35,40). The Bertz CT molecular complexity index is 1400. The van der Waals surface area contributed by atoms with Crippen LogP contribution in [0.15, 0.2) is 58.9 Å². The summed E-state index contributed by atoms with van der Waals surface area (Å²) >= 11 is 3.05. The molecule has 230 valence electrons. The predicted octanol–water partition coefficient (Wildman–Crippen LogP) is 4.67. The Morgan fingerprint density at radius 2 is 1.67 bits per heavy atom. The molecule has 0 saturated carbocycles. The highest BCUT2D eigenvalue weighted by Gasteiger charge is 2.23. The number of hydrogen-bond donors (Lipinski definition) is 2. The molecule has 0 bridgehead atoms. The van der Waals surface area contributed by atoms with Crippen LogP contribution in [0.25, 0.3) is 0 Å². The van der Waals surface area contributed by atoms with E-state index >= 15 is 0 Å². The average molecular weight is 623 g/mol. The van der Waals surface area contributed by atoms with Crippen LogP contribution in [0.1, 0.15) is 52.6 Å². The molecule has 0 atom stereocenters. The van der Waals surface area contributed by atoms with Crippen LogP contribution in [0, 0.1) is 5.41 Å². The van der Waals surface area contributed by atoms with Gasteiger partial charge in [-0.2, -0.15) is 0 Å². The van der Waals surface area contributed by atoms with Crippen molar-refractivity contribution >= 4 is 46.0 Å². The lowest BCUT2D eigenvalue weighted by Gasteiger charge is -2.34. The molecule has 1 fully saturated rings. The third kappa shape index (κ3) is 9.89. The zero-order valence-electron chi connectivity index (χ0n) is 25.7. The van der Waals surface area contributed by atoms with Gasteiger partial charge in [0.2, 0.25) is 5.91 Å². The Kier molecular flexibility index (Phi) is 11.4. The molecule has 0 spiro atoms. The van der Waals surface area contributed by atoms with Crippen LogP contribution in [0.4, 0.5) is 5.13 Å². The summed E-state index contributed by atoms with van der Waals surface area (Å²) in [5.41, 5.74) is 3.58. The second-order valence-corrected chi connectivity index (χ2v) is 14.2. The van der Waals surface area contributed by atoms with Crippen LogP contribution < -0.4 is 10.6 Å². The van der Waals surface area contributed by atoms with E-state index in [1.54, 1.807) is 29.8 Å². The van der Waals surface area contributed by atoms with Gasteiger partial charge in [0.05, 0.1) is 10.4 Å². The van der Waals surface area contributed by atoms with Crippen LogP contribution in [0.5, 0.6) is 0 Å². The molecule has 1 aliphatic rings. The van der Waals surface area contributed by atoms with Crippen molar-refractivity contribution in [2.45, 2.75) is 37.3 Å². The van der Waals surface area contributed by atoms with Gasteiger partial charge in [0.1, 0.15) is 0 Å². The first kappa shape index (κ1) is 32.7. The fourth-order valence-electron chi connectivity index (χ4n) is 5.14. The smallest absolute Gasteiger partial charge is 0.257 e. The van der Waals surface area contributed by atoms with Crippen molar-refractivity contribution in [3.63, 3.8) is 0 Å². The Morgan fingerprint density at radius 1 is 0.977 bits per heavy atom. The number of thioether (sulfide) groups is 1. The van der Waals surface area contributed by atoms with E-state index in [2.05, 4.69) is 48.5 Å². The topological polar surface area (TPSA) is 97.9 Å². The lowest BCUT2D eigenvalue weighted by Crippen LogP contribution is -2.50. The van der Waals surface area contributed by atoms with Crippen molar-refractivity contribution < 1.29 is 14.4 Å². The highest BCUT2D eigenvalue weighted by Crippen LogP contribution is 2.31. The zero-order valence-corrected chi connectivity index (χ0v) is 27.3. The van der Waals surface area contributed by atoms with E-state index in [0.29, 0.717) is 48.2 Å². The van der Waals surface area contributed by atoms with Crippen molar-refractivity contribution in [3.05, 3.63) is 77.0 Å². The molecular weight excluding hydrogens is 581 g/mol. The number of piperazine rings is 1. The van der Waals surface area contributed by atoms with Crippen molar-refractivity contribution in [1.82, 2.24) is 25.0 Å². The molecule has 0 unspecified atom stereocenters. The Balaban J connectivity index is 1.24. The van der Waals surface area contributed by atoms with Gasteiger partial charge in [-0.15, -0.1) is 11.8 Å². The van der Waals surface area contributed by atoms with Crippen LogP contribution in [0.3, 0.4) is 0 Å². The number of thiazole rings is 1. The summed E-state index contributed by atoms with van der Waals surface area (Å²) in [4.78, 5) is 47.6. The molecule has 1 aliphatic heterocycles. The molecule has 2 N–H and O–H groups in total. The summed E-state index contributed by atoms with van der Waals surface area (Å²) in [6.07, 6.45) is 1.76. The summed E-state index contributed by atoms with van der Waals surface area (Å²) < 4.78 is 0.978. The molecule has 3 amide bonds. The summed E-state index contributed by atoms with van der Waals surface area (Å²) in [6.45, 7) is 11.0. The predicted molar refractivity (Wildman–Crippen MR) is 175 cm³/mol. The second kappa shape index (κ2) is 15.0. The fraction of sp³-hybridized carbons (Fsp3) is 0.438. The maximum absolute atomic E-state index is 13.0. The van der Waals surface area contributed by atoms with Gasteiger partial charge < -0.3 is 20.0 Å². The van der Waals surface area contributed by atoms with Crippen molar-refractivity contribution in [2.75, 3.05) is 58.7 Å². The Morgan fingerprint density at radius 3 is 2.35 bits per heavy atom. The number of rotatable bonds is 12. The minimum atomic E-state index is -0.187. The molecule has 0 radical (unpaired) electrons. The number of benzene rings is 2. The van der Waals surface area contributed by atoms with Gasteiger partial charge in [-0.05, 0) is 54.9 Å². The monoisotopic (exact) mass is 622 g/mol. The van der Waals surface area contributed by atoms with Gasteiger partial charge in [-0.3, -0.25) is 19.7 Å². The molecular formula is C32H42N6O3S2. The number of anilines is 1. The van der Waals surface area contributed by atoms with Gasteiger partial charge in [0, 0.05) is 69.6 Å². The number of carbonyl (C=O) groups is 3. The number of carbonyl (C=O) groups excluding carboxylic acids is 3. The Hall–Kier alpha value is -3.25. The molecule has 0 aliphatic carbocycles. The number of nitrogens with zero attached hydrogens (tertiary/aromatic N) is 4. The van der Waals surface area contributed by atoms with E-state index in [1.165, 1.54) is 11.3 Å². The molecule has 4 rings (SSSR count). The average Bonchev–Trinajstić information content (AvgIpc) is 3.42. The van der Waals surface area contributed by atoms with Gasteiger partial charge in [0.25, 0.3) is 11.8 Å². The quantitative estimate of drug-likeness (QED) is 0.284. The minimum absolute atomic E-state index is 0.00825. The van der Waals surface area contributed by atoms with Gasteiger partial charge in [-0.25, -0.2) is 4.98 Å². The van der Waals surface area contributed by atoms with Crippen molar-refractivity contribution in [3.8, 4) is 0 Å². The van der Waals surface area contributed by atoms with Crippen molar-refractivity contribution in [2.24, 2.45) is 5.41 Å². The molecule has 3 aromatic rings. The Labute approximate surface area is 263 Å². The van der Waals surface area contributed by atoms with E-state index in [0.717, 1.165) is 35.0 Å². The summed E-state index contributed by atoms with van der Waals surface area (Å²) in [6, 6.07) is 15.3. The third-order valence-corrected chi connectivity index (χ3v) is 9.34. The maximum Gasteiger partial charge on any atom is 0.257 e. The summed E-state index contributed by atoms with van der Waals surface area (Å²) in [5, 5.41) is 6.98. The molecule has 43 heavy (non-hydrogen) atoms. The van der Waals surface area contributed by atoms with E-state index in [1.807, 2.05) is 53.4 Å². The fourth-order valence-corrected chi connectivity index (χ4v) is 6.95. The zero-order chi connectivity index (χ0) is 31.0. The number of hydrogen-bond acceptors (Lipinski definition) is 8. The largest absolute Gasteiger partial charge is 0.339 e. The third-order valence-electron chi connectivity index (χ3n) is 7.17. The first-order chi connectivity index (χ1) is 20.5. The van der Waals surface area contributed by atoms with Crippen LogP contribution in [-0.4, -0.2) is 90.8 Å². The SMILES string of the molecule is CC(=O)N1CCN(C(=O)c2cccc(CSc3cnc(NC(=O)c4ccc(CNCC(C)(C)CN(C)C)cc4)s3)c2)CC1. The normalized spacial score (nSPS) is 13.8. The van der Waals surface area contributed by atoms with E-state index in [9.17, 15) is 14.4 Å². The lowest BCUT2D eigenvalue weighted by molar-refractivity contribution is -0.130. The summed E-state index contributed by atoms with van der Waals surface area (Å²) in [5.74, 6) is 0.528. The van der Waals surface area contributed by atoms with E-state index < -0.39 is 0 Å². The second-order valence-electron chi connectivity index (χ2n) is 11.9. The maximum atomic E-state index is 13.0. The summed E-state index contributed by atoms with van der Waals surface area (Å²) in [7, 11) is 4.18. The first-order valence-corrected chi connectivity index (χ1v) is 16.3. The van der Waals surface area contributed by atoms with Gasteiger partial charge >= 0.3 is 0 Å². The van der Waals surface area contributed by atoms with Gasteiger partial charge in [-0.1, -0.05) is 49.4 Å². The van der Waals surface area contributed by atoms with E-state index in [4.69, 9.17) is 0 Å². The highest BCUT2D eigenvalue weighted by atomic mass is 32.2. The van der Waals surface area contributed by atoms with Crippen LogP contribution in [-0.2, 0) is 17.1 Å². The van der Waals surface area contributed by atoms with Gasteiger partial charge in [0.15, 0.2) is 5.13 Å². The number of aromatic nitrogens is 1. The lowest BCUT2D eigenvalue weighted by atomic mass is 9.93. The molecule has 1 aromatic heterocycles. The van der Waals surface area contributed by atoms with Crippen LogP contribution >= 0.6 is 23.1 Å². The molecule has 9 nitrogen and oxygen atoms in total. The molecule has 2 heterocycles.